The van der Waals surface area contributed by atoms with E-state index in [2.05, 4.69) is 76.5 Å². The number of nitrogens with zero attached hydrogens (tertiary/aromatic N) is 2. The molecule has 3 aromatic rings. The van der Waals surface area contributed by atoms with Crippen LogP contribution in [0.1, 0.15) is 199 Å². The molecule has 582 valence electrons. The number of carboxylic acid groups (broad SMARTS) is 4. The molecule has 3 aromatic carbocycles. The molecule has 29 nitrogen and oxygen atoms in total. The summed E-state index contributed by atoms with van der Waals surface area (Å²) in [5.41, 5.74) is 6.70. The number of hydrogen-bond acceptors (Lipinski definition) is 16. The molecule has 32 heteroatoms. The number of ether oxygens (including phenoxy) is 1. The number of allylic oxidation sites excluding steroid dienone is 7. The highest BCUT2D eigenvalue weighted by molar-refractivity contribution is 7.86. The highest BCUT2D eigenvalue weighted by atomic mass is 32.2. The molecule has 1 aliphatic carbocycles. The first-order valence-electron chi connectivity index (χ1n) is 35.9. The van der Waals surface area contributed by atoms with E-state index in [9.17, 15) is 92.6 Å². The second-order valence-corrected chi connectivity index (χ2v) is 32.2. The zero-order chi connectivity index (χ0) is 78.2. The number of aliphatic carboxylic acids is 4. The molecular weight excluding hydrogens is 1440 g/mol. The molecule has 3 aliphatic rings. The summed E-state index contributed by atoms with van der Waals surface area (Å²) in [4.78, 5) is 98.0. The van der Waals surface area contributed by atoms with Crippen molar-refractivity contribution in [2.75, 3.05) is 36.8 Å². The Kier molecular flexibility index (Phi) is 32.2. The van der Waals surface area contributed by atoms with Crippen LogP contribution in [-0.2, 0) is 81.2 Å². The molecule has 0 fully saturated rings. The van der Waals surface area contributed by atoms with Crippen LogP contribution in [0.15, 0.2) is 117 Å². The van der Waals surface area contributed by atoms with Crippen LogP contribution in [0.5, 0.6) is 5.75 Å². The Hall–Kier alpha value is -8.82. The fraction of sp³-hybridized carbons (Fsp3) is 0.527. The molecule has 0 bridgehead atoms. The molecule has 0 saturated heterocycles. The van der Waals surface area contributed by atoms with Crippen molar-refractivity contribution in [1.82, 2.24) is 26.6 Å². The van der Waals surface area contributed by atoms with Gasteiger partial charge >= 0.3 is 29.9 Å². The number of unbranched alkanes of at least 4 members (excludes halogenated alkanes) is 8. The van der Waals surface area contributed by atoms with Gasteiger partial charge in [0.2, 0.25) is 23.4 Å². The molecule has 106 heavy (non-hydrogen) atoms. The molecule has 12 N–H and O–H groups in total. The summed E-state index contributed by atoms with van der Waals surface area (Å²) in [6.45, 7) is 11.8. The van der Waals surface area contributed by atoms with Gasteiger partial charge in [-0.15, -0.1) is 0 Å². The molecule has 0 radical (unpaired) electrons. The summed E-state index contributed by atoms with van der Waals surface area (Å²) in [6.07, 6.45) is 16.9. The van der Waals surface area contributed by atoms with Gasteiger partial charge in [-0.05, 0) is 193 Å². The summed E-state index contributed by atoms with van der Waals surface area (Å²) in [6, 6.07) is 11.2. The maximum atomic E-state index is 13.1. The van der Waals surface area contributed by atoms with E-state index in [0.717, 1.165) is 53.1 Å². The number of fused-ring (bicyclic) bond motifs is 2. The monoisotopic (exact) mass is 1540 g/mol. The predicted molar refractivity (Wildman–Crippen MR) is 395 cm³/mol. The van der Waals surface area contributed by atoms with Crippen molar-refractivity contribution in [2.45, 2.75) is 227 Å². The van der Waals surface area contributed by atoms with Crippen molar-refractivity contribution < 1.29 is 107 Å². The quantitative estimate of drug-likeness (QED) is 0.0142. The summed E-state index contributed by atoms with van der Waals surface area (Å²) in [7, 11) is -13.3. The Balaban J connectivity index is 0.997. The number of urea groups is 1. The number of carbonyl (C=O) groups is 8. The fourth-order valence-corrected chi connectivity index (χ4v) is 14.8. The first-order valence-corrected chi connectivity index (χ1v) is 40.4. The van der Waals surface area contributed by atoms with Gasteiger partial charge < -0.3 is 56.6 Å². The van der Waals surface area contributed by atoms with Crippen LogP contribution in [0.25, 0.3) is 0 Å². The molecule has 0 spiro atoms. The Morgan fingerprint density at radius 3 is 1.68 bits per heavy atom. The number of aryl methyl sites for hydroxylation is 1. The second kappa shape index (κ2) is 39.7. The van der Waals surface area contributed by atoms with E-state index >= 15 is 0 Å². The van der Waals surface area contributed by atoms with Gasteiger partial charge in [0.15, 0.2) is 5.71 Å². The van der Waals surface area contributed by atoms with Gasteiger partial charge in [-0.25, -0.2) is 19.2 Å². The Bertz CT molecular complexity index is 4200. The van der Waals surface area contributed by atoms with Crippen molar-refractivity contribution >= 4 is 95.1 Å². The molecule has 6 rings (SSSR count). The van der Waals surface area contributed by atoms with E-state index in [1.807, 2.05) is 36.7 Å². The molecule has 0 aromatic heterocycles. The van der Waals surface area contributed by atoms with Crippen LogP contribution in [0, 0.1) is 0 Å². The van der Waals surface area contributed by atoms with Crippen molar-refractivity contribution in [3.8, 4) is 5.75 Å². The van der Waals surface area contributed by atoms with E-state index in [-0.39, 0.29) is 66.7 Å². The third kappa shape index (κ3) is 26.3. The minimum Gasteiger partial charge on any atom is -0.481 e. The van der Waals surface area contributed by atoms with Gasteiger partial charge in [-0.1, -0.05) is 58.2 Å². The number of amides is 5. The average Bonchev–Trinajstić information content (AvgIpc) is 1.59. The number of rotatable bonds is 45. The van der Waals surface area contributed by atoms with Crippen LogP contribution < -0.4 is 36.2 Å². The van der Waals surface area contributed by atoms with Gasteiger partial charge in [-0.2, -0.15) is 29.8 Å². The average molecular weight is 1540 g/mol. The van der Waals surface area contributed by atoms with E-state index in [1.54, 1.807) is 6.07 Å². The topological polar surface area (TPSA) is 456 Å². The number of carbonyl (C=O) groups excluding carboxylic acids is 4. The first-order chi connectivity index (χ1) is 49.9. The molecule has 3 unspecified atom stereocenters. The van der Waals surface area contributed by atoms with Gasteiger partial charge in [0.1, 0.15) is 36.2 Å². The molecule has 5 amide bonds. The third-order valence-electron chi connectivity index (χ3n) is 19.1. The van der Waals surface area contributed by atoms with Gasteiger partial charge in [0.25, 0.3) is 30.4 Å². The van der Waals surface area contributed by atoms with E-state index in [0.29, 0.717) is 126 Å². The Labute approximate surface area is 619 Å². The SMILES string of the molecule is CCc1ccc2c(c1)C(C)(C)C(=CC=C1CCCC(C=CC3=[N+](CCCCS(=O)(=O)O)c4ccc(S(=O)(=O)O)cc4C3(C)C)=C1Oc1ccc(S(=O)(=O)O)cc1)N2CCCCCC(=O)NCCCCC(NC(=O)CCCCCCC(=O)NCCCCC(NC(=O)NC(CCC(=O)O)C(=O)O)C(=O)O)C(=O)O. The number of hydrogen-bond donors (Lipinski definition) is 12. The van der Waals surface area contributed by atoms with Crippen LogP contribution in [0.3, 0.4) is 0 Å². The zero-order valence-electron chi connectivity index (χ0n) is 60.7. The first kappa shape index (κ1) is 86.1. The van der Waals surface area contributed by atoms with Crippen LogP contribution in [0.2, 0.25) is 0 Å². The van der Waals surface area contributed by atoms with Gasteiger partial charge in [-0.3, -0.25) is 32.8 Å². The second-order valence-electron chi connectivity index (χ2n) is 27.8. The molecule has 3 atom stereocenters. The number of carboxylic acids is 4. The van der Waals surface area contributed by atoms with Crippen LogP contribution in [-0.4, -0.2) is 167 Å². The Morgan fingerprint density at radius 1 is 0.566 bits per heavy atom. The van der Waals surface area contributed by atoms with Crippen molar-refractivity contribution in [1.29, 1.82) is 0 Å². The van der Waals surface area contributed by atoms with E-state index in [1.165, 1.54) is 42.0 Å². The standard InChI is InChI=1S/C74H101N7O22S3/c1-6-49-28-37-60-55(47-49)73(2,3)62(39-29-50-21-20-22-51(68(50)103-52-31-33-53(34-32-52)105(97,98)99)30-40-63-74(4,5)56-48-54(106(100,101)102)35-38-61(56)81(63)45-18-19-46-104(94,95)96)80(60)44-17-9-12-26-65(83)76-42-15-13-23-57(69(87)88)77-66(84)27-11-8-7-10-25-64(82)75-43-16-14-24-58(70(89)90)78-72(93)79-59(71(91)92)36-41-67(85)86/h28-35,37-40,47-48,57-59H,6-27,36,41-46H2,1-5H3,(H11-,75,76,77,78,79,82,83,84,85,86,87,88,89,90,91,92,93,94,95,96,97,98,99,100,101,102)/p+1. The maximum absolute atomic E-state index is 13.1. The van der Waals surface area contributed by atoms with Crippen molar-refractivity contribution in [2.24, 2.45) is 0 Å². The number of nitrogens with one attached hydrogen (secondary N) is 5. The van der Waals surface area contributed by atoms with Crippen LogP contribution in [0.4, 0.5) is 16.2 Å². The summed E-state index contributed by atoms with van der Waals surface area (Å²) in [5.74, 6) is -5.70. The predicted octanol–water partition coefficient (Wildman–Crippen LogP) is 9.58. The molecule has 2 aliphatic heterocycles. The molecule has 0 saturated carbocycles. The minimum atomic E-state index is -4.58. The lowest BCUT2D eigenvalue weighted by molar-refractivity contribution is -0.438. The lowest BCUT2D eigenvalue weighted by atomic mass is 9.81. The molecule has 2 heterocycles. The fourth-order valence-electron chi connectivity index (χ4n) is 13.2. The smallest absolute Gasteiger partial charge is 0.326 e. The summed E-state index contributed by atoms with van der Waals surface area (Å²) < 4.78 is 110. The lowest BCUT2D eigenvalue weighted by Gasteiger charge is -2.27. The van der Waals surface area contributed by atoms with E-state index in [4.69, 9.17) is 9.84 Å². The summed E-state index contributed by atoms with van der Waals surface area (Å²) >= 11 is 0. The number of anilines is 1. The largest absolute Gasteiger partial charge is 0.481 e. The van der Waals surface area contributed by atoms with Gasteiger partial charge in [0, 0.05) is 86.2 Å². The lowest BCUT2D eigenvalue weighted by Crippen LogP contribution is -2.51. The van der Waals surface area contributed by atoms with Crippen molar-refractivity contribution in [3.63, 3.8) is 0 Å². The zero-order valence-corrected chi connectivity index (χ0v) is 63.1. The van der Waals surface area contributed by atoms with Crippen LogP contribution >= 0.6 is 0 Å². The van der Waals surface area contributed by atoms with Crippen molar-refractivity contribution in [3.05, 3.63) is 124 Å². The highest BCUT2D eigenvalue weighted by Gasteiger charge is 2.45. The van der Waals surface area contributed by atoms with Gasteiger partial charge in [0.05, 0.1) is 21.0 Å². The minimum absolute atomic E-state index is 0.0195. The third-order valence-corrected chi connectivity index (χ3v) is 21.6. The maximum Gasteiger partial charge on any atom is 0.326 e. The highest BCUT2D eigenvalue weighted by Crippen LogP contribution is 2.49. The Morgan fingerprint density at radius 2 is 1.12 bits per heavy atom. The number of benzene rings is 3. The normalized spacial score (nSPS) is 16.5. The molecular formula is C74H102N7O22S3+. The van der Waals surface area contributed by atoms with E-state index < -0.39 is 114 Å². The summed E-state index contributed by atoms with van der Waals surface area (Å²) in [5, 5.41) is 49.9.